The number of thioether (sulfide) groups is 1. The van der Waals surface area contributed by atoms with Gasteiger partial charge in [0, 0.05) is 17.9 Å². The lowest BCUT2D eigenvalue weighted by Crippen LogP contribution is -2.21. The topological polar surface area (TPSA) is 59.2 Å². The van der Waals surface area contributed by atoms with Gasteiger partial charge in [0.25, 0.3) is 0 Å². The minimum atomic E-state index is -0.000447. The summed E-state index contributed by atoms with van der Waals surface area (Å²) in [6.45, 7) is 3.51. The molecule has 1 aliphatic heterocycles. The van der Waals surface area contributed by atoms with Gasteiger partial charge in [0.1, 0.15) is 13.9 Å². The van der Waals surface area contributed by atoms with E-state index in [1.54, 1.807) is 11.8 Å². The van der Waals surface area contributed by atoms with Gasteiger partial charge in [-0.15, -0.1) is 23.1 Å². The van der Waals surface area contributed by atoms with Crippen molar-refractivity contribution in [2.75, 3.05) is 31.1 Å². The van der Waals surface area contributed by atoms with Gasteiger partial charge in [0.05, 0.1) is 11.1 Å². The molecule has 0 aliphatic carbocycles. The molecule has 1 saturated heterocycles. The van der Waals surface area contributed by atoms with Crippen LogP contribution in [0.3, 0.4) is 0 Å². The number of carbonyl (C=O) groups excluding carboxylic acids is 1. The van der Waals surface area contributed by atoms with Gasteiger partial charge in [-0.3, -0.25) is 4.79 Å². The number of anilines is 1. The van der Waals surface area contributed by atoms with Gasteiger partial charge in [-0.05, 0) is 37.5 Å². The molecule has 0 amide bonds. The van der Waals surface area contributed by atoms with Crippen molar-refractivity contribution in [2.24, 2.45) is 0 Å². The van der Waals surface area contributed by atoms with E-state index in [1.807, 2.05) is 30.3 Å². The van der Waals surface area contributed by atoms with Gasteiger partial charge in [-0.2, -0.15) is 4.37 Å². The first-order valence-electron chi connectivity index (χ1n) is 8.36. The van der Waals surface area contributed by atoms with E-state index in [-0.39, 0.29) is 5.78 Å². The highest BCUT2D eigenvalue weighted by Crippen LogP contribution is 2.42. The Bertz CT molecular complexity index is 882. The van der Waals surface area contributed by atoms with Crippen LogP contribution in [0.25, 0.3) is 9.40 Å². The van der Waals surface area contributed by atoms with E-state index < -0.39 is 0 Å². The smallest absolute Gasteiger partial charge is 0.205 e. The average Bonchev–Trinajstić information content (AvgIpc) is 3.35. The van der Waals surface area contributed by atoms with Crippen LogP contribution in [0.15, 0.2) is 35.4 Å². The van der Waals surface area contributed by atoms with Gasteiger partial charge in [-0.25, -0.2) is 0 Å². The first-order chi connectivity index (χ1) is 12.2. The lowest BCUT2D eigenvalue weighted by Gasteiger charge is -2.13. The Morgan fingerprint density at radius 3 is 2.76 bits per heavy atom. The van der Waals surface area contributed by atoms with Crippen molar-refractivity contribution in [3.8, 4) is 0 Å². The summed E-state index contributed by atoms with van der Waals surface area (Å²) < 4.78 is 5.60. The second-order valence-electron chi connectivity index (χ2n) is 6.09. The lowest BCUT2D eigenvalue weighted by atomic mass is 10.1. The van der Waals surface area contributed by atoms with Crippen LogP contribution in [0.1, 0.15) is 28.1 Å². The van der Waals surface area contributed by atoms with E-state index in [9.17, 15) is 4.79 Å². The molecule has 4 rings (SSSR count). The number of ketones is 1. The van der Waals surface area contributed by atoms with E-state index >= 15 is 0 Å². The fourth-order valence-electron chi connectivity index (χ4n) is 3.08. The standard InChI is InChI=1S/C18H19N3OS3/c19-14-13-17(23-11-10-21-8-4-5-9-21)20-25-18(13)24-16(14)15(22)12-6-2-1-3-7-12/h1-3,6-7H,4-5,8-11,19H2. The minimum absolute atomic E-state index is 0.000447. The van der Waals surface area contributed by atoms with Gasteiger partial charge >= 0.3 is 0 Å². The predicted octanol–water partition coefficient (Wildman–Crippen LogP) is 4.36. The summed E-state index contributed by atoms with van der Waals surface area (Å²) in [7, 11) is 0. The van der Waals surface area contributed by atoms with Crippen LogP contribution in [0.5, 0.6) is 0 Å². The fourth-order valence-corrected chi connectivity index (χ4v) is 6.42. The van der Waals surface area contributed by atoms with Gasteiger partial charge < -0.3 is 10.6 Å². The van der Waals surface area contributed by atoms with Gasteiger partial charge in [-0.1, -0.05) is 30.3 Å². The number of thiophene rings is 1. The summed E-state index contributed by atoms with van der Waals surface area (Å²) in [4.78, 5) is 15.9. The third-order valence-corrected chi connectivity index (χ3v) is 7.61. The third kappa shape index (κ3) is 3.46. The van der Waals surface area contributed by atoms with E-state index in [1.165, 1.54) is 48.8 Å². The molecule has 3 aromatic rings. The number of carbonyl (C=O) groups is 1. The molecular weight excluding hydrogens is 370 g/mol. The number of hydrogen-bond donors (Lipinski definition) is 1. The SMILES string of the molecule is Nc1c(C(=O)c2ccccc2)sc2snc(SCCN3CCCC3)c12. The zero-order chi connectivity index (χ0) is 17.2. The summed E-state index contributed by atoms with van der Waals surface area (Å²) in [5.74, 6) is 1.01. The molecule has 2 N–H and O–H groups in total. The quantitative estimate of drug-likeness (QED) is 0.501. The van der Waals surface area contributed by atoms with Crippen molar-refractivity contribution in [1.29, 1.82) is 0 Å². The summed E-state index contributed by atoms with van der Waals surface area (Å²) in [5, 5.41) is 1.95. The molecule has 2 aromatic heterocycles. The monoisotopic (exact) mass is 389 g/mol. The second-order valence-corrected chi connectivity index (χ2v) is 9.22. The largest absolute Gasteiger partial charge is 0.397 e. The number of hydrogen-bond acceptors (Lipinski definition) is 7. The molecule has 3 heterocycles. The maximum Gasteiger partial charge on any atom is 0.205 e. The van der Waals surface area contributed by atoms with Crippen LogP contribution in [0, 0.1) is 0 Å². The summed E-state index contributed by atoms with van der Waals surface area (Å²) in [6.07, 6.45) is 2.63. The maximum atomic E-state index is 12.7. The highest BCUT2D eigenvalue weighted by molar-refractivity contribution is 7.99. The molecule has 1 fully saturated rings. The molecule has 1 aromatic carbocycles. The molecular formula is C18H19N3OS3. The number of likely N-dealkylation sites (tertiary alicyclic amines) is 1. The number of nitrogen functional groups attached to an aromatic ring is 1. The van der Waals surface area contributed by atoms with E-state index in [0.717, 1.165) is 26.7 Å². The van der Waals surface area contributed by atoms with E-state index in [0.29, 0.717) is 16.1 Å². The minimum Gasteiger partial charge on any atom is -0.397 e. The number of aromatic nitrogens is 1. The van der Waals surface area contributed by atoms with E-state index in [4.69, 9.17) is 5.73 Å². The van der Waals surface area contributed by atoms with Gasteiger partial charge in [0.2, 0.25) is 5.78 Å². The van der Waals surface area contributed by atoms with Crippen LogP contribution in [-0.2, 0) is 0 Å². The molecule has 0 atom stereocenters. The van der Waals surface area contributed by atoms with Gasteiger partial charge in [0.15, 0.2) is 0 Å². The highest BCUT2D eigenvalue weighted by atomic mass is 32.2. The molecule has 1 aliphatic rings. The number of nitrogens with two attached hydrogens (primary N) is 1. The summed E-state index contributed by atoms with van der Waals surface area (Å²) in [5.41, 5.74) is 7.62. The highest BCUT2D eigenvalue weighted by Gasteiger charge is 2.22. The van der Waals surface area contributed by atoms with Crippen molar-refractivity contribution in [1.82, 2.24) is 9.27 Å². The molecule has 0 unspecified atom stereocenters. The number of nitrogens with zero attached hydrogens (tertiary/aromatic N) is 2. The predicted molar refractivity (Wildman–Crippen MR) is 108 cm³/mol. The summed E-state index contributed by atoms with van der Waals surface area (Å²) in [6, 6.07) is 9.33. The zero-order valence-corrected chi connectivity index (χ0v) is 16.2. The van der Waals surface area contributed by atoms with Crippen LogP contribution < -0.4 is 5.73 Å². The molecule has 0 radical (unpaired) electrons. The van der Waals surface area contributed by atoms with Crippen molar-refractivity contribution in [2.45, 2.75) is 17.9 Å². The van der Waals surface area contributed by atoms with Crippen molar-refractivity contribution in [3.63, 3.8) is 0 Å². The number of fused-ring (bicyclic) bond motifs is 1. The van der Waals surface area contributed by atoms with Crippen LogP contribution in [-0.4, -0.2) is 40.4 Å². The fraction of sp³-hybridized carbons (Fsp3) is 0.333. The first kappa shape index (κ1) is 17.0. The number of benzene rings is 1. The molecule has 0 saturated carbocycles. The molecule has 0 bridgehead atoms. The van der Waals surface area contributed by atoms with Crippen LogP contribution >= 0.6 is 34.6 Å². The maximum absolute atomic E-state index is 12.7. The second kappa shape index (κ2) is 7.45. The Labute approximate surface area is 159 Å². The normalized spacial score (nSPS) is 15.2. The van der Waals surface area contributed by atoms with Crippen LogP contribution in [0.4, 0.5) is 5.69 Å². The van der Waals surface area contributed by atoms with Crippen molar-refractivity contribution in [3.05, 3.63) is 40.8 Å². The molecule has 4 nitrogen and oxygen atoms in total. The Balaban J connectivity index is 1.54. The Morgan fingerprint density at radius 2 is 2.00 bits per heavy atom. The first-order valence-corrected chi connectivity index (χ1v) is 10.9. The zero-order valence-electron chi connectivity index (χ0n) is 13.7. The Hall–Kier alpha value is -1.41. The van der Waals surface area contributed by atoms with Crippen LogP contribution in [0.2, 0.25) is 0 Å². The molecule has 130 valence electrons. The lowest BCUT2D eigenvalue weighted by molar-refractivity contribution is 0.104. The molecule has 0 spiro atoms. The third-order valence-electron chi connectivity index (χ3n) is 4.43. The average molecular weight is 390 g/mol. The van der Waals surface area contributed by atoms with Crippen molar-refractivity contribution >= 4 is 55.5 Å². The number of rotatable bonds is 6. The molecule has 7 heteroatoms. The van der Waals surface area contributed by atoms with E-state index in [2.05, 4.69) is 9.27 Å². The van der Waals surface area contributed by atoms with Crippen molar-refractivity contribution < 1.29 is 4.79 Å². The Morgan fingerprint density at radius 1 is 1.24 bits per heavy atom. The Kier molecular flexibility index (Phi) is 5.08. The molecule has 25 heavy (non-hydrogen) atoms. The summed E-state index contributed by atoms with van der Waals surface area (Å²) >= 11 is 4.66.